The van der Waals surface area contributed by atoms with E-state index in [9.17, 15) is 5.11 Å². The zero-order valence-electron chi connectivity index (χ0n) is 7.24. The molecule has 0 aromatic carbocycles. The minimum atomic E-state index is -0.613. The van der Waals surface area contributed by atoms with Crippen LogP contribution < -0.4 is 11.5 Å². The third-order valence-corrected chi connectivity index (χ3v) is 2.45. The van der Waals surface area contributed by atoms with Crippen LogP contribution in [-0.2, 0) is 0 Å². The number of hydrogen-bond donors (Lipinski definition) is 3. The molecular formula is C8H12BrN3O. The average Bonchev–Trinajstić information content (AvgIpc) is 2.08. The van der Waals surface area contributed by atoms with Crippen LogP contribution in [-0.4, -0.2) is 16.2 Å². The molecule has 13 heavy (non-hydrogen) atoms. The molecule has 5 heteroatoms. The highest BCUT2D eigenvalue weighted by atomic mass is 79.9. The number of rotatable bonds is 2. The number of halogens is 1. The summed E-state index contributed by atoms with van der Waals surface area (Å²) in [5.41, 5.74) is 12.0. The molecule has 0 fully saturated rings. The summed E-state index contributed by atoms with van der Waals surface area (Å²) in [6.07, 6.45) is 0.963. The molecule has 2 atom stereocenters. The molecule has 0 bridgehead atoms. The maximum absolute atomic E-state index is 9.28. The van der Waals surface area contributed by atoms with Gasteiger partial charge in [-0.1, -0.05) is 0 Å². The molecule has 1 aromatic rings. The number of nitrogen functional groups attached to an aromatic ring is 1. The van der Waals surface area contributed by atoms with Crippen molar-refractivity contribution in [2.75, 3.05) is 5.73 Å². The molecule has 0 aliphatic heterocycles. The van der Waals surface area contributed by atoms with Crippen LogP contribution in [0.5, 0.6) is 0 Å². The van der Waals surface area contributed by atoms with Gasteiger partial charge in [-0.25, -0.2) is 4.98 Å². The summed E-state index contributed by atoms with van der Waals surface area (Å²) in [6, 6.07) is 1.21. The molecule has 0 radical (unpaired) electrons. The van der Waals surface area contributed by atoms with Crippen LogP contribution in [0.25, 0.3) is 0 Å². The van der Waals surface area contributed by atoms with E-state index in [1.165, 1.54) is 0 Å². The second-order valence-electron chi connectivity index (χ2n) is 2.90. The second kappa shape index (κ2) is 4.04. The molecule has 72 valence electrons. The Labute approximate surface area is 85.1 Å². The van der Waals surface area contributed by atoms with Gasteiger partial charge in [-0.05, 0) is 34.5 Å². The van der Waals surface area contributed by atoms with E-state index in [1.54, 1.807) is 19.2 Å². The highest BCUT2D eigenvalue weighted by Crippen LogP contribution is 2.24. The lowest BCUT2D eigenvalue weighted by Crippen LogP contribution is -2.23. The van der Waals surface area contributed by atoms with Gasteiger partial charge in [0.05, 0.1) is 12.1 Å². The molecule has 0 spiro atoms. The van der Waals surface area contributed by atoms with E-state index in [-0.39, 0.29) is 0 Å². The Kier molecular flexibility index (Phi) is 3.24. The quantitative estimate of drug-likeness (QED) is 0.720. The third kappa shape index (κ3) is 2.40. The van der Waals surface area contributed by atoms with Gasteiger partial charge < -0.3 is 16.6 Å². The van der Waals surface area contributed by atoms with Crippen molar-refractivity contribution in [2.24, 2.45) is 5.73 Å². The van der Waals surface area contributed by atoms with Crippen LogP contribution in [0.3, 0.4) is 0 Å². The maximum Gasteiger partial charge on any atom is 0.123 e. The van der Waals surface area contributed by atoms with Gasteiger partial charge in [0.15, 0.2) is 0 Å². The fraction of sp³-hybridized carbons (Fsp3) is 0.375. The van der Waals surface area contributed by atoms with E-state index >= 15 is 0 Å². The average molecular weight is 246 g/mol. The van der Waals surface area contributed by atoms with E-state index in [1.807, 2.05) is 0 Å². The molecule has 0 saturated carbocycles. The second-order valence-corrected chi connectivity index (χ2v) is 3.75. The minimum Gasteiger partial charge on any atom is -0.391 e. The van der Waals surface area contributed by atoms with Gasteiger partial charge >= 0.3 is 0 Å². The number of anilines is 1. The lowest BCUT2D eigenvalue weighted by atomic mass is 10.1. The van der Waals surface area contributed by atoms with Crippen LogP contribution in [0.4, 0.5) is 5.82 Å². The van der Waals surface area contributed by atoms with Crippen molar-refractivity contribution in [3.05, 3.63) is 22.3 Å². The highest BCUT2D eigenvalue weighted by molar-refractivity contribution is 9.10. The molecule has 5 N–H and O–H groups in total. The van der Waals surface area contributed by atoms with Crippen molar-refractivity contribution in [3.8, 4) is 0 Å². The Balaban J connectivity index is 3.05. The van der Waals surface area contributed by atoms with Gasteiger partial charge in [-0.15, -0.1) is 0 Å². The predicted molar refractivity (Wildman–Crippen MR) is 55.0 cm³/mol. The van der Waals surface area contributed by atoms with Crippen molar-refractivity contribution in [3.63, 3.8) is 0 Å². The first-order chi connectivity index (χ1) is 6.02. The largest absolute Gasteiger partial charge is 0.391 e. The molecule has 1 aromatic heterocycles. The molecule has 0 unspecified atom stereocenters. The lowest BCUT2D eigenvalue weighted by Gasteiger charge is -2.16. The van der Waals surface area contributed by atoms with E-state index in [4.69, 9.17) is 11.5 Å². The van der Waals surface area contributed by atoms with Crippen LogP contribution in [0.15, 0.2) is 16.7 Å². The summed E-state index contributed by atoms with van der Waals surface area (Å²) in [4.78, 5) is 3.87. The number of nitrogens with zero attached hydrogens (tertiary/aromatic N) is 1. The van der Waals surface area contributed by atoms with E-state index < -0.39 is 12.1 Å². The smallest absolute Gasteiger partial charge is 0.123 e. The van der Waals surface area contributed by atoms with Crippen molar-refractivity contribution in [2.45, 2.75) is 19.1 Å². The van der Waals surface area contributed by atoms with Gasteiger partial charge in [0.1, 0.15) is 5.82 Å². The maximum atomic E-state index is 9.28. The Bertz CT molecular complexity index is 303. The number of pyridine rings is 1. The third-order valence-electron chi connectivity index (χ3n) is 1.78. The van der Waals surface area contributed by atoms with Crippen LogP contribution >= 0.6 is 15.9 Å². The molecular weight excluding hydrogens is 234 g/mol. The summed E-state index contributed by atoms with van der Waals surface area (Å²) < 4.78 is 0.759. The highest BCUT2D eigenvalue weighted by Gasteiger charge is 2.15. The number of aromatic nitrogens is 1. The molecule has 1 rings (SSSR count). The molecule has 4 nitrogen and oxygen atoms in total. The summed E-state index contributed by atoms with van der Waals surface area (Å²) >= 11 is 3.29. The van der Waals surface area contributed by atoms with Gasteiger partial charge in [0.2, 0.25) is 0 Å². The SMILES string of the molecule is C[C@H](O)[C@H](N)c1cc(N)ncc1Br. The Morgan fingerprint density at radius 1 is 1.62 bits per heavy atom. The lowest BCUT2D eigenvalue weighted by molar-refractivity contribution is 0.164. The first-order valence-electron chi connectivity index (χ1n) is 3.87. The van der Waals surface area contributed by atoms with E-state index in [0.717, 1.165) is 10.0 Å². The normalized spacial score (nSPS) is 15.4. The van der Waals surface area contributed by atoms with Gasteiger partial charge in [0.25, 0.3) is 0 Å². The van der Waals surface area contributed by atoms with Gasteiger partial charge in [-0.3, -0.25) is 0 Å². The van der Waals surface area contributed by atoms with E-state index in [2.05, 4.69) is 20.9 Å². The van der Waals surface area contributed by atoms with Crippen molar-refractivity contribution >= 4 is 21.7 Å². The predicted octanol–water partition coefficient (Wildman–Crippen LogP) is 0.807. The fourth-order valence-corrected chi connectivity index (χ4v) is 1.47. The number of aliphatic hydroxyl groups is 1. The first kappa shape index (κ1) is 10.4. The van der Waals surface area contributed by atoms with Gasteiger partial charge in [0, 0.05) is 10.7 Å². The molecule has 0 saturated heterocycles. The van der Waals surface area contributed by atoms with Crippen molar-refractivity contribution in [1.29, 1.82) is 0 Å². The van der Waals surface area contributed by atoms with Crippen molar-refractivity contribution < 1.29 is 5.11 Å². The molecule has 0 aliphatic carbocycles. The monoisotopic (exact) mass is 245 g/mol. The number of aliphatic hydroxyl groups excluding tert-OH is 1. The Hall–Kier alpha value is -0.650. The Morgan fingerprint density at radius 2 is 2.23 bits per heavy atom. The summed E-state index contributed by atoms with van der Waals surface area (Å²) in [6.45, 7) is 1.63. The minimum absolute atomic E-state index is 0.398. The first-order valence-corrected chi connectivity index (χ1v) is 4.66. The Morgan fingerprint density at radius 3 is 2.77 bits per heavy atom. The van der Waals surface area contributed by atoms with E-state index in [0.29, 0.717) is 5.82 Å². The summed E-state index contributed by atoms with van der Waals surface area (Å²) in [5, 5.41) is 9.28. The zero-order chi connectivity index (χ0) is 10.0. The van der Waals surface area contributed by atoms with Crippen LogP contribution in [0, 0.1) is 0 Å². The van der Waals surface area contributed by atoms with Crippen molar-refractivity contribution in [1.82, 2.24) is 4.98 Å². The molecule has 0 aliphatic rings. The fourth-order valence-electron chi connectivity index (χ4n) is 0.987. The van der Waals surface area contributed by atoms with Crippen LogP contribution in [0.2, 0.25) is 0 Å². The molecule has 0 amide bonds. The van der Waals surface area contributed by atoms with Gasteiger partial charge in [-0.2, -0.15) is 0 Å². The topological polar surface area (TPSA) is 85.2 Å². The van der Waals surface area contributed by atoms with Crippen LogP contribution in [0.1, 0.15) is 18.5 Å². The summed E-state index contributed by atoms with van der Waals surface area (Å²) in [5.74, 6) is 0.398. The number of nitrogens with two attached hydrogens (primary N) is 2. The zero-order valence-corrected chi connectivity index (χ0v) is 8.82. The molecule has 1 heterocycles. The summed E-state index contributed by atoms with van der Waals surface area (Å²) in [7, 11) is 0. The number of hydrogen-bond acceptors (Lipinski definition) is 4. The standard InChI is InChI=1S/C8H12BrN3O/c1-4(13)8(11)5-2-7(10)12-3-6(5)9/h2-4,8,13H,11H2,1H3,(H2,10,12)/t4-,8-/m0/s1.